The lowest BCUT2D eigenvalue weighted by Crippen LogP contribution is -2.45. The second-order valence-electron chi connectivity index (χ2n) is 13.8. The zero-order chi connectivity index (χ0) is 31.2. The van der Waals surface area contributed by atoms with Crippen molar-refractivity contribution in [3.05, 3.63) is 59.3 Å². The van der Waals surface area contributed by atoms with Crippen LogP contribution >= 0.6 is 0 Å². The van der Waals surface area contributed by atoms with E-state index in [2.05, 4.69) is 35.8 Å². The number of likely N-dealkylation sites (tertiary alicyclic amines) is 2. The highest BCUT2D eigenvalue weighted by atomic mass is 16.5. The molecule has 0 radical (unpaired) electrons. The van der Waals surface area contributed by atoms with Gasteiger partial charge in [0.15, 0.2) is 0 Å². The average Bonchev–Trinajstić information content (AvgIpc) is 3.71. The highest BCUT2D eigenvalue weighted by Gasteiger charge is 2.30. The van der Waals surface area contributed by atoms with Gasteiger partial charge in [0, 0.05) is 55.9 Å². The van der Waals surface area contributed by atoms with Crippen LogP contribution in [0.15, 0.2) is 42.6 Å². The number of benzene rings is 1. The van der Waals surface area contributed by atoms with Gasteiger partial charge in [-0.25, -0.2) is 4.52 Å². The Morgan fingerprint density at radius 1 is 1.02 bits per heavy atom. The highest BCUT2D eigenvalue weighted by molar-refractivity contribution is 5.95. The maximum absolute atomic E-state index is 13.4. The number of carbonyl (C=O) groups is 2. The molecule has 3 fully saturated rings. The van der Waals surface area contributed by atoms with E-state index >= 15 is 0 Å². The number of carbonyl (C=O) groups excluding carboxylic acids is 2. The minimum atomic E-state index is 0.0226. The van der Waals surface area contributed by atoms with Crippen molar-refractivity contribution in [2.24, 2.45) is 11.7 Å². The molecule has 1 aromatic carbocycles. The summed E-state index contributed by atoms with van der Waals surface area (Å²) in [5.74, 6) is 1.19. The van der Waals surface area contributed by atoms with E-state index in [0.717, 1.165) is 74.3 Å². The SMILES string of the molecule is Cc1c(-c2cc3cccc(C4CCN(C(=O)COC(C)C)CC4)c3n2CC2CC2)nn2cc(C(=O)N3CCC[C@@H](N)C3)ccc12. The van der Waals surface area contributed by atoms with Gasteiger partial charge in [-0.2, -0.15) is 5.10 Å². The monoisotopic (exact) mass is 610 g/mol. The third kappa shape index (κ3) is 6.00. The molecule has 9 nitrogen and oxygen atoms in total. The number of aryl methyl sites for hydroxylation is 1. The number of rotatable bonds is 8. The van der Waals surface area contributed by atoms with Gasteiger partial charge in [0.25, 0.3) is 5.91 Å². The molecule has 7 rings (SSSR count). The Labute approximate surface area is 265 Å². The Kier molecular flexibility index (Phi) is 8.16. The molecule has 9 heteroatoms. The molecule has 1 saturated carbocycles. The Hall–Kier alpha value is -3.69. The lowest BCUT2D eigenvalue weighted by molar-refractivity contribution is -0.138. The Morgan fingerprint density at radius 2 is 1.82 bits per heavy atom. The number of hydrogen-bond acceptors (Lipinski definition) is 5. The molecule has 1 aliphatic carbocycles. The van der Waals surface area contributed by atoms with Crippen LogP contribution in [-0.4, -0.2) is 80.7 Å². The Balaban J connectivity index is 1.21. The van der Waals surface area contributed by atoms with Crippen molar-refractivity contribution >= 4 is 28.2 Å². The van der Waals surface area contributed by atoms with Crippen LogP contribution in [0.25, 0.3) is 27.8 Å². The summed E-state index contributed by atoms with van der Waals surface area (Å²) in [4.78, 5) is 29.9. The Bertz CT molecular complexity index is 1730. The van der Waals surface area contributed by atoms with Crippen LogP contribution in [0.5, 0.6) is 0 Å². The summed E-state index contributed by atoms with van der Waals surface area (Å²) >= 11 is 0. The molecule has 3 aromatic heterocycles. The summed E-state index contributed by atoms with van der Waals surface area (Å²) in [6, 6.07) is 13.0. The fourth-order valence-corrected chi connectivity index (χ4v) is 7.32. The topological polar surface area (TPSA) is 98.1 Å². The van der Waals surface area contributed by atoms with Crippen LogP contribution in [0, 0.1) is 12.8 Å². The number of amides is 2. The minimum Gasteiger partial charge on any atom is -0.369 e. The summed E-state index contributed by atoms with van der Waals surface area (Å²) in [5, 5.41) is 6.35. The first kappa shape index (κ1) is 30.0. The molecule has 2 amide bonds. The van der Waals surface area contributed by atoms with Crippen molar-refractivity contribution in [3.8, 4) is 11.4 Å². The van der Waals surface area contributed by atoms with Crippen molar-refractivity contribution in [3.63, 3.8) is 0 Å². The van der Waals surface area contributed by atoms with Gasteiger partial charge in [-0.15, -0.1) is 0 Å². The maximum atomic E-state index is 13.4. The predicted molar refractivity (Wildman–Crippen MR) is 176 cm³/mol. The number of nitrogens with zero attached hydrogens (tertiary/aromatic N) is 5. The van der Waals surface area contributed by atoms with E-state index in [4.69, 9.17) is 15.6 Å². The van der Waals surface area contributed by atoms with E-state index in [1.807, 2.05) is 46.5 Å². The number of aromatic nitrogens is 3. The van der Waals surface area contributed by atoms with Crippen LogP contribution in [0.2, 0.25) is 0 Å². The molecule has 1 atom stereocenters. The molecule has 2 aliphatic heterocycles. The zero-order valence-corrected chi connectivity index (χ0v) is 26.9. The lowest BCUT2D eigenvalue weighted by Gasteiger charge is -2.33. The summed E-state index contributed by atoms with van der Waals surface area (Å²) in [5.41, 5.74) is 13.7. The van der Waals surface area contributed by atoms with E-state index in [-0.39, 0.29) is 30.6 Å². The standard InChI is InChI=1S/C36H46N6O3/c1-23(2)45-22-33(43)39-16-13-26(14-17-39)30-8-4-6-27-18-32(41(35(27)30)19-25-9-10-25)34-24(3)31-12-11-28(20-42(31)38-34)36(44)40-15-5-7-29(37)21-40/h4,6,8,11-12,18,20,23,25-26,29H,5,7,9-10,13-17,19,21-22,37H2,1-3H3/t29-/m1/s1. The van der Waals surface area contributed by atoms with E-state index in [0.29, 0.717) is 23.9 Å². The van der Waals surface area contributed by atoms with E-state index in [9.17, 15) is 9.59 Å². The number of pyridine rings is 1. The third-order valence-electron chi connectivity index (χ3n) is 10.0. The number of nitrogens with two attached hydrogens (primary N) is 1. The van der Waals surface area contributed by atoms with Crippen LogP contribution in [-0.2, 0) is 16.1 Å². The van der Waals surface area contributed by atoms with Gasteiger partial charge in [-0.3, -0.25) is 9.59 Å². The largest absolute Gasteiger partial charge is 0.369 e. The van der Waals surface area contributed by atoms with Crippen molar-refractivity contribution in [2.45, 2.75) is 83.9 Å². The minimum absolute atomic E-state index is 0.0226. The van der Waals surface area contributed by atoms with E-state index in [1.54, 1.807) is 0 Å². The highest BCUT2D eigenvalue weighted by Crippen LogP contribution is 2.41. The van der Waals surface area contributed by atoms with Crippen LogP contribution in [0.3, 0.4) is 0 Å². The number of para-hydroxylation sites is 1. The fraction of sp³-hybridized carbons (Fsp3) is 0.528. The number of ether oxygens (including phenoxy) is 1. The van der Waals surface area contributed by atoms with Crippen molar-refractivity contribution in [1.29, 1.82) is 0 Å². The third-order valence-corrected chi connectivity index (χ3v) is 10.0. The summed E-state index contributed by atoms with van der Waals surface area (Å²) in [6.07, 6.45) is 8.26. The molecular weight excluding hydrogens is 564 g/mol. The van der Waals surface area contributed by atoms with Gasteiger partial charge in [0.2, 0.25) is 5.91 Å². The molecule has 0 bridgehead atoms. The second-order valence-corrected chi connectivity index (χ2v) is 13.8. The molecule has 45 heavy (non-hydrogen) atoms. The molecule has 0 unspecified atom stereocenters. The van der Waals surface area contributed by atoms with E-state index < -0.39 is 0 Å². The smallest absolute Gasteiger partial charge is 0.255 e. The quantitative estimate of drug-likeness (QED) is 0.289. The van der Waals surface area contributed by atoms with Crippen molar-refractivity contribution < 1.29 is 14.3 Å². The molecule has 4 aromatic rings. The predicted octanol–water partition coefficient (Wildman–Crippen LogP) is 5.37. The lowest BCUT2D eigenvalue weighted by atomic mass is 9.88. The van der Waals surface area contributed by atoms with Gasteiger partial charge in [-0.1, -0.05) is 18.2 Å². The number of fused-ring (bicyclic) bond motifs is 2. The second kappa shape index (κ2) is 12.2. The summed E-state index contributed by atoms with van der Waals surface area (Å²) in [6.45, 7) is 10.1. The molecule has 5 heterocycles. The fourth-order valence-electron chi connectivity index (χ4n) is 7.32. The first-order valence-electron chi connectivity index (χ1n) is 16.8. The Morgan fingerprint density at radius 3 is 2.56 bits per heavy atom. The summed E-state index contributed by atoms with van der Waals surface area (Å²) < 4.78 is 9.99. The molecule has 3 aliphatic rings. The van der Waals surface area contributed by atoms with Crippen LogP contribution in [0.4, 0.5) is 0 Å². The van der Waals surface area contributed by atoms with Gasteiger partial charge in [-0.05, 0) is 94.9 Å². The number of hydrogen-bond donors (Lipinski definition) is 1. The molecule has 0 spiro atoms. The first-order valence-corrected chi connectivity index (χ1v) is 16.8. The zero-order valence-electron chi connectivity index (χ0n) is 26.9. The van der Waals surface area contributed by atoms with Gasteiger partial charge >= 0.3 is 0 Å². The first-order chi connectivity index (χ1) is 21.8. The molecular formula is C36H46N6O3. The van der Waals surface area contributed by atoms with Gasteiger partial charge in [0.1, 0.15) is 12.3 Å². The molecule has 2 N–H and O–H groups in total. The van der Waals surface area contributed by atoms with Crippen molar-refractivity contribution in [1.82, 2.24) is 24.0 Å². The average molecular weight is 611 g/mol. The molecule has 2 saturated heterocycles. The number of piperidine rings is 2. The van der Waals surface area contributed by atoms with Gasteiger partial charge in [0.05, 0.1) is 28.4 Å². The van der Waals surface area contributed by atoms with Gasteiger partial charge < -0.3 is 24.8 Å². The van der Waals surface area contributed by atoms with E-state index in [1.165, 1.54) is 29.3 Å². The normalized spacial score (nSPS) is 19.7. The van der Waals surface area contributed by atoms with Crippen molar-refractivity contribution in [2.75, 3.05) is 32.8 Å². The maximum Gasteiger partial charge on any atom is 0.255 e. The van der Waals surface area contributed by atoms with Crippen LogP contribution < -0.4 is 5.73 Å². The summed E-state index contributed by atoms with van der Waals surface area (Å²) in [7, 11) is 0. The molecule has 238 valence electrons. The van der Waals surface area contributed by atoms with Crippen LogP contribution in [0.1, 0.15) is 79.8 Å².